The molecule has 0 N–H and O–H groups in total. The molecule has 96 valence electrons. The van der Waals surface area contributed by atoms with Crippen molar-refractivity contribution in [1.29, 1.82) is 0 Å². The third-order valence-electron chi connectivity index (χ3n) is 1.49. The van der Waals surface area contributed by atoms with E-state index in [-0.39, 0.29) is 0 Å². The lowest BCUT2D eigenvalue weighted by atomic mass is 10.2. The van der Waals surface area contributed by atoms with Crippen molar-refractivity contribution in [3.8, 4) is 0 Å². The number of hydrogen-bond acceptors (Lipinski definition) is 0. The van der Waals surface area contributed by atoms with Gasteiger partial charge in [-0.15, -0.1) is 0 Å². The van der Waals surface area contributed by atoms with Crippen LogP contribution in [0.2, 0.25) is 0 Å². The van der Waals surface area contributed by atoms with Gasteiger partial charge in [-0.1, -0.05) is 87.8 Å². The van der Waals surface area contributed by atoms with Crippen LogP contribution < -0.4 is 0 Å². The monoisotopic (exact) mass is 216 g/mol. The lowest BCUT2D eigenvalue weighted by molar-refractivity contribution is 0.687. The summed E-state index contributed by atoms with van der Waals surface area (Å²) in [6.07, 6.45) is 2.49. The molecule has 0 aliphatic heterocycles. The molecule has 1 saturated carbocycles. The highest BCUT2D eigenvalue weighted by atomic mass is 14.4. The summed E-state index contributed by atoms with van der Waals surface area (Å²) in [6, 6.07) is 0. The van der Waals surface area contributed by atoms with E-state index < -0.39 is 0 Å². The Morgan fingerprint density at radius 2 is 1.00 bits per heavy atom. The van der Waals surface area contributed by atoms with E-state index in [0.717, 1.165) is 0 Å². The molecule has 0 aromatic carbocycles. The van der Waals surface area contributed by atoms with Crippen LogP contribution in [-0.2, 0) is 0 Å². The molecule has 0 unspecified atom stereocenters. The summed E-state index contributed by atoms with van der Waals surface area (Å²) in [5.41, 5.74) is 1.92. The molecule has 0 heterocycles. The molecule has 1 aliphatic rings. The second kappa shape index (κ2) is 19.3. The van der Waals surface area contributed by atoms with Crippen LogP contribution in [0.4, 0.5) is 0 Å². The van der Waals surface area contributed by atoms with Crippen molar-refractivity contribution in [2.75, 3.05) is 0 Å². The minimum atomic E-state index is 0.514. The fourth-order valence-electron chi connectivity index (χ4n) is 0.489. The fourth-order valence-corrected chi connectivity index (χ4v) is 0.489. The minimum Gasteiger partial charge on any atom is -0.0993 e. The Balaban J connectivity index is -0.0000000585. The third-order valence-corrected chi connectivity index (χ3v) is 1.49. The first kappa shape index (κ1) is 24.1. The van der Waals surface area contributed by atoms with Crippen LogP contribution in [0.1, 0.15) is 82.1 Å². The molecule has 1 fully saturated rings. The third kappa shape index (κ3) is 24.8. The molecule has 0 aromatic heterocycles. The molecule has 0 saturated heterocycles. The summed E-state index contributed by atoms with van der Waals surface area (Å²) in [5, 5.41) is 0. The van der Waals surface area contributed by atoms with Crippen LogP contribution in [-0.4, -0.2) is 0 Å². The van der Waals surface area contributed by atoms with Gasteiger partial charge in [-0.25, -0.2) is 0 Å². The van der Waals surface area contributed by atoms with E-state index in [4.69, 9.17) is 0 Å². The molecule has 0 radical (unpaired) electrons. The van der Waals surface area contributed by atoms with E-state index in [1.807, 2.05) is 41.5 Å². The van der Waals surface area contributed by atoms with Crippen molar-refractivity contribution in [3.63, 3.8) is 0 Å². The Bertz CT molecular complexity index is 98.6. The summed E-state index contributed by atoms with van der Waals surface area (Å²) < 4.78 is 0. The first-order chi connectivity index (χ1) is 7.04. The van der Waals surface area contributed by atoms with Gasteiger partial charge in [-0.3, -0.25) is 0 Å². The van der Waals surface area contributed by atoms with E-state index in [9.17, 15) is 0 Å². The summed E-state index contributed by atoms with van der Waals surface area (Å²) in [5.74, 6) is 0. The summed E-state index contributed by atoms with van der Waals surface area (Å²) in [4.78, 5) is 0. The van der Waals surface area contributed by atoms with E-state index >= 15 is 0 Å². The molecule has 1 rings (SSSR count). The average molecular weight is 216 g/mol. The summed E-state index contributed by atoms with van der Waals surface area (Å²) in [6.45, 7) is 24.5. The Morgan fingerprint density at radius 1 is 0.933 bits per heavy atom. The van der Waals surface area contributed by atoms with Crippen molar-refractivity contribution in [1.82, 2.24) is 0 Å². The van der Waals surface area contributed by atoms with Gasteiger partial charge in [0.1, 0.15) is 0 Å². The zero-order valence-corrected chi connectivity index (χ0v) is 13.1. The van der Waals surface area contributed by atoms with Crippen LogP contribution in [0.3, 0.4) is 0 Å². The van der Waals surface area contributed by atoms with Crippen molar-refractivity contribution < 1.29 is 0 Å². The van der Waals surface area contributed by atoms with E-state index in [2.05, 4.69) is 34.3 Å². The molecular weight excluding hydrogens is 180 g/mol. The molecule has 0 nitrogen and oxygen atoms in total. The second-order valence-electron chi connectivity index (χ2n) is 3.37. The Morgan fingerprint density at radius 3 is 1.00 bits per heavy atom. The number of hydrogen-bond donors (Lipinski definition) is 0. The first-order valence-electron chi connectivity index (χ1n) is 6.72. The molecule has 0 bridgehead atoms. The standard InChI is InChI=1S/C6H10.C3H8.3C2H6/c1-5-4-6(5,2)3;1-3-2;3*1-2/h1,4H2,2-3H3;3H2,1-2H3;3*1-2H3. The quantitative estimate of drug-likeness (QED) is 0.407. The zero-order valence-electron chi connectivity index (χ0n) is 13.1. The van der Waals surface area contributed by atoms with Crippen molar-refractivity contribution >= 4 is 0 Å². The highest BCUT2D eigenvalue weighted by molar-refractivity contribution is 5.25. The molecule has 0 aromatic rings. The maximum absolute atomic E-state index is 3.82. The topological polar surface area (TPSA) is 0 Å². The van der Waals surface area contributed by atoms with Gasteiger partial charge in [0.15, 0.2) is 0 Å². The van der Waals surface area contributed by atoms with Crippen molar-refractivity contribution in [2.24, 2.45) is 5.41 Å². The Kier molecular flexibility index (Phi) is 31.1. The summed E-state index contributed by atoms with van der Waals surface area (Å²) in [7, 11) is 0. The van der Waals surface area contributed by atoms with E-state index in [1.54, 1.807) is 0 Å². The maximum Gasteiger partial charge on any atom is -0.0110 e. The largest absolute Gasteiger partial charge is 0.0993 e. The molecule has 0 atom stereocenters. The van der Waals surface area contributed by atoms with Gasteiger partial charge in [0.25, 0.3) is 0 Å². The van der Waals surface area contributed by atoms with Crippen LogP contribution in [0.15, 0.2) is 12.2 Å². The summed E-state index contributed by atoms with van der Waals surface area (Å²) >= 11 is 0. The van der Waals surface area contributed by atoms with E-state index in [1.165, 1.54) is 18.4 Å². The van der Waals surface area contributed by atoms with Gasteiger partial charge in [0, 0.05) is 0 Å². The molecule has 1 aliphatic carbocycles. The molecule has 0 spiro atoms. The first-order valence-corrected chi connectivity index (χ1v) is 6.72. The van der Waals surface area contributed by atoms with Gasteiger partial charge in [0.05, 0.1) is 0 Å². The predicted molar refractivity (Wildman–Crippen MR) is 77.5 cm³/mol. The maximum atomic E-state index is 3.82. The number of rotatable bonds is 0. The zero-order chi connectivity index (χ0) is 13.5. The van der Waals surface area contributed by atoms with Gasteiger partial charge < -0.3 is 0 Å². The van der Waals surface area contributed by atoms with Crippen LogP contribution in [0.25, 0.3) is 0 Å². The van der Waals surface area contributed by atoms with Gasteiger partial charge in [-0.05, 0) is 11.8 Å². The molecular formula is C15H36. The number of allylic oxidation sites excluding steroid dienone is 1. The average Bonchev–Trinajstić information content (AvgIpc) is 2.82. The lowest BCUT2D eigenvalue weighted by Crippen LogP contribution is -1.77. The SMILES string of the molecule is C=C1CC1(C)C.CC.CC.CC.CCC. The Hall–Kier alpha value is -0.260. The van der Waals surface area contributed by atoms with Gasteiger partial charge in [0.2, 0.25) is 0 Å². The van der Waals surface area contributed by atoms with E-state index in [0.29, 0.717) is 5.41 Å². The fraction of sp³-hybridized carbons (Fsp3) is 0.867. The highest BCUT2D eigenvalue weighted by Crippen LogP contribution is 2.49. The second-order valence-corrected chi connectivity index (χ2v) is 3.37. The highest BCUT2D eigenvalue weighted by Gasteiger charge is 2.36. The van der Waals surface area contributed by atoms with Gasteiger partial charge >= 0.3 is 0 Å². The van der Waals surface area contributed by atoms with Crippen molar-refractivity contribution in [2.45, 2.75) is 82.1 Å². The smallest absolute Gasteiger partial charge is 0.0110 e. The normalized spacial score (nSPS) is 13.3. The van der Waals surface area contributed by atoms with Gasteiger partial charge in [-0.2, -0.15) is 0 Å². The Labute approximate surface area is 100 Å². The van der Waals surface area contributed by atoms with Crippen LogP contribution in [0, 0.1) is 5.41 Å². The molecule has 0 heteroatoms. The van der Waals surface area contributed by atoms with Crippen molar-refractivity contribution in [3.05, 3.63) is 12.2 Å². The lowest BCUT2D eigenvalue weighted by Gasteiger charge is -1.87. The molecule has 0 amide bonds. The van der Waals surface area contributed by atoms with Crippen LogP contribution >= 0.6 is 0 Å². The minimum absolute atomic E-state index is 0.514. The van der Waals surface area contributed by atoms with Crippen LogP contribution in [0.5, 0.6) is 0 Å². The molecule has 15 heavy (non-hydrogen) atoms. The predicted octanol–water partition coefficient (Wildman–Crippen LogP) is 6.47.